The van der Waals surface area contributed by atoms with Gasteiger partial charge in [0.1, 0.15) is 0 Å². The molecule has 0 aliphatic carbocycles. The molecule has 0 aromatic carbocycles. The maximum Gasteiger partial charge on any atom is 0.0728 e. The minimum Gasteiger partial charge on any atom is -0.392 e. The van der Waals surface area contributed by atoms with Crippen molar-refractivity contribution in [1.82, 2.24) is 5.32 Å². The van der Waals surface area contributed by atoms with Gasteiger partial charge in [0.05, 0.1) is 12.2 Å². The summed E-state index contributed by atoms with van der Waals surface area (Å²) in [5.74, 6) is 0. The van der Waals surface area contributed by atoms with E-state index in [9.17, 15) is 5.11 Å². The largest absolute Gasteiger partial charge is 0.392 e. The number of rotatable bonds is 6. The molecule has 0 saturated carbocycles. The first-order valence-corrected chi connectivity index (χ1v) is 5.81. The highest BCUT2D eigenvalue weighted by Crippen LogP contribution is 2.17. The SMILES string of the molecule is CC[C@@H](O)CN[C@@H](CC)[C@@H]1CCCO1. The van der Waals surface area contributed by atoms with Gasteiger partial charge in [-0.15, -0.1) is 0 Å². The molecule has 84 valence electrons. The molecule has 3 atom stereocenters. The van der Waals surface area contributed by atoms with Gasteiger partial charge >= 0.3 is 0 Å². The van der Waals surface area contributed by atoms with Gasteiger partial charge in [0.25, 0.3) is 0 Å². The Morgan fingerprint density at radius 1 is 1.43 bits per heavy atom. The highest BCUT2D eigenvalue weighted by Gasteiger charge is 2.24. The number of nitrogens with one attached hydrogen (secondary N) is 1. The van der Waals surface area contributed by atoms with E-state index >= 15 is 0 Å². The van der Waals surface area contributed by atoms with Crippen LogP contribution in [0.1, 0.15) is 39.5 Å². The Kier molecular flexibility index (Phi) is 5.45. The van der Waals surface area contributed by atoms with Crippen LogP contribution in [0.4, 0.5) is 0 Å². The highest BCUT2D eigenvalue weighted by atomic mass is 16.5. The minimum absolute atomic E-state index is 0.217. The Balaban J connectivity index is 2.23. The van der Waals surface area contributed by atoms with Crippen molar-refractivity contribution in [3.63, 3.8) is 0 Å². The second-order valence-corrected chi connectivity index (χ2v) is 4.04. The molecule has 3 nitrogen and oxygen atoms in total. The molecule has 1 saturated heterocycles. The van der Waals surface area contributed by atoms with E-state index in [1.165, 1.54) is 6.42 Å². The Hall–Kier alpha value is -0.120. The monoisotopic (exact) mass is 201 g/mol. The van der Waals surface area contributed by atoms with Crippen LogP contribution in [0.25, 0.3) is 0 Å². The van der Waals surface area contributed by atoms with E-state index in [0.29, 0.717) is 18.7 Å². The fraction of sp³-hybridized carbons (Fsp3) is 1.00. The van der Waals surface area contributed by atoms with Gasteiger partial charge < -0.3 is 15.2 Å². The number of ether oxygens (including phenoxy) is 1. The zero-order valence-corrected chi connectivity index (χ0v) is 9.33. The molecule has 1 aliphatic heterocycles. The highest BCUT2D eigenvalue weighted by molar-refractivity contribution is 4.80. The summed E-state index contributed by atoms with van der Waals surface area (Å²) in [6.45, 7) is 5.76. The van der Waals surface area contributed by atoms with Crippen LogP contribution in [0.3, 0.4) is 0 Å². The molecule has 0 unspecified atom stereocenters. The van der Waals surface area contributed by atoms with E-state index in [1.807, 2.05) is 6.92 Å². The number of hydrogen-bond donors (Lipinski definition) is 2. The van der Waals surface area contributed by atoms with Crippen LogP contribution in [0, 0.1) is 0 Å². The summed E-state index contributed by atoms with van der Waals surface area (Å²) in [6.07, 6.45) is 4.37. The van der Waals surface area contributed by atoms with E-state index in [4.69, 9.17) is 4.74 Å². The Morgan fingerprint density at radius 2 is 2.21 bits per heavy atom. The van der Waals surface area contributed by atoms with Crippen molar-refractivity contribution in [2.24, 2.45) is 0 Å². The number of aliphatic hydroxyl groups is 1. The van der Waals surface area contributed by atoms with Gasteiger partial charge in [-0.05, 0) is 25.7 Å². The molecule has 1 fully saturated rings. The lowest BCUT2D eigenvalue weighted by Gasteiger charge is -2.24. The smallest absolute Gasteiger partial charge is 0.0728 e. The minimum atomic E-state index is -0.217. The Labute approximate surface area is 86.8 Å². The van der Waals surface area contributed by atoms with Gasteiger partial charge in [-0.1, -0.05) is 13.8 Å². The second-order valence-electron chi connectivity index (χ2n) is 4.04. The van der Waals surface area contributed by atoms with Gasteiger partial charge in [0.2, 0.25) is 0 Å². The molecule has 14 heavy (non-hydrogen) atoms. The summed E-state index contributed by atoms with van der Waals surface area (Å²) in [5.41, 5.74) is 0. The lowest BCUT2D eigenvalue weighted by molar-refractivity contribution is 0.0695. The third kappa shape index (κ3) is 3.56. The van der Waals surface area contributed by atoms with Crippen molar-refractivity contribution in [2.75, 3.05) is 13.2 Å². The molecule has 1 heterocycles. The summed E-state index contributed by atoms with van der Waals surface area (Å²) >= 11 is 0. The van der Waals surface area contributed by atoms with E-state index in [0.717, 1.165) is 25.9 Å². The van der Waals surface area contributed by atoms with Gasteiger partial charge in [-0.3, -0.25) is 0 Å². The van der Waals surface area contributed by atoms with Crippen LogP contribution in [-0.2, 0) is 4.74 Å². The van der Waals surface area contributed by atoms with Gasteiger partial charge in [-0.2, -0.15) is 0 Å². The molecule has 0 aromatic heterocycles. The first-order valence-electron chi connectivity index (χ1n) is 5.81. The summed E-state index contributed by atoms with van der Waals surface area (Å²) < 4.78 is 5.63. The fourth-order valence-electron chi connectivity index (χ4n) is 1.89. The van der Waals surface area contributed by atoms with Gasteiger partial charge in [0.15, 0.2) is 0 Å². The fourth-order valence-corrected chi connectivity index (χ4v) is 1.89. The third-order valence-corrected chi connectivity index (χ3v) is 2.94. The lowest BCUT2D eigenvalue weighted by Crippen LogP contribution is -2.42. The van der Waals surface area contributed by atoms with Crippen molar-refractivity contribution < 1.29 is 9.84 Å². The van der Waals surface area contributed by atoms with E-state index in [1.54, 1.807) is 0 Å². The molecule has 0 spiro atoms. The van der Waals surface area contributed by atoms with Gasteiger partial charge in [0, 0.05) is 19.2 Å². The quantitative estimate of drug-likeness (QED) is 0.680. The first-order chi connectivity index (χ1) is 6.77. The molecule has 2 N–H and O–H groups in total. The number of hydrogen-bond acceptors (Lipinski definition) is 3. The summed E-state index contributed by atoms with van der Waals surface area (Å²) in [4.78, 5) is 0. The van der Waals surface area contributed by atoms with Crippen LogP contribution in [0.15, 0.2) is 0 Å². The predicted octanol–water partition coefficient (Wildman–Crippen LogP) is 1.30. The zero-order chi connectivity index (χ0) is 10.4. The van der Waals surface area contributed by atoms with Crippen molar-refractivity contribution >= 4 is 0 Å². The van der Waals surface area contributed by atoms with Crippen molar-refractivity contribution in [3.05, 3.63) is 0 Å². The summed E-state index contributed by atoms with van der Waals surface area (Å²) in [7, 11) is 0. The number of aliphatic hydroxyl groups excluding tert-OH is 1. The molecule has 0 aromatic rings. The van der Waals surface area contributed by atoms with Crippen molar-refractivity contribution in [1.29, 1.82) is 0 Å². The van der Waals surface area contributed by atoms with Crippen LogP contribution in [-0.4, -0.2) is 36.5 Å². The molecule has 1 rings (SSSR count). The van der Waals surface area contributed by atoms with E-state index in [2.05, 4.69) is 12.2 Å². The molecule has 3 heteroatoms. The molecule has 0 bridgehead atoms. The summed E-state index contributed by atoms with van der Waals surface area (Å²) in [6, 6.07) is 0.415. The maximum atomic E-state index is 9.44. The topological polar surface area (TPSA) is 41.5 Å². The summed E-state index contributed by atoms with van der Waals surface area (Å²) in [5, 5.41) is 12.8. The second kappa shape index (κ2) is 6.38. The van der Waals surface area contributed by atoms with Gasteiger partial charge in [-0.25, -0.2) is 0 Å². The zero-order valence-electron chi connectivity index (χ0n) is 9.33. The maximum absolute atomic E-state index is 9.44. The lowest BCUT2D eigenvalue weighted by atomic mass is 10.1. The average Bonchev–Trinajstić information content (AvgIpc) is 2.72. The predicted molar refractivity (Wildman–Crippen MR) is 57.4 cm³/mol. The molecule has 0 amide bonds. The normalized spacial score (nSPS) is 26.4. The molecule has 1 aliphatic rings. The molecular weight excluding hydrogens is 178 g/mol. The standard InChI is InChI=1S/C11H23NO2/c1-3-9(13)8-12-10(4-2)11-6-5-7-14-11/h9-13H,3-8H2,1-2H3/t9-,10+,11+/m1/s1. The molecule has 0 radical (unpaired) electrons. The van der Waals surface area contributed by atoms with Crippen LogP contribution < -0.4 is 5.32 Å². The first kappa shape index (κ1) is 12.0. The van der Waals surface area contributed by atoms with Crippen LogP contribution in [0.5, 0.6) is 0 Å². The van der Waals surface area contributed by atoms with Crippen molar-refractivity contribution in [2.45, 2.75) is 57.8 Å². The van der Waals surface area contributed by atoms with Crippen LogP contribution in [0.2, 0.25) is 0 Å². The van der Waals surface area contributed by atoms with E-state index in [-0.39, 0.29) is 6.10 Å². The van der Waals surface area contributed by atoms with Crippen LogP contribution >= 0.6 is 0 Å². The Morgan fingerprint density at radius 3 is 2.71 bits per heavy atom. The average molecular weight is 201 g/mol. The van der Waals surface area contributed by atoms with E-state index < -0.39 is 0 Å². The third-order valence-electron chi connectivity index (χ3n) is 2.94. The molecular formula is C11H23NO2. The van der Waals surface area contributed by atoms with Crippen molar-refractivity contribution in [3.8, 4) is 0 Å². The Bertz CT molecular complexity index is 146.